The first kappa shape index (κ1) is 21.5. The number of aromatic nitrogens is 1. The Balaban J connectivity index is 1.58. The summed E-state index contributed by atoms with van der Waals surface area (Å²) in [5.74, 6) is 0.223. The maximum Gasteiger partial charge on any atom is 0.227 e. The molecule has 2 aliphatic rings. The molecule has 6 heteroatoms. The molecule has 2 saturated heterocycles. The Hall–Kier alpha value is -2.73. The van der Waals surface area contributed by atoms with Gasteiger partial charge in [-0.15, -0.1) is 0 Å². The fourth-order valence-electron chi connectivity index (χ4n) is 4.81. The second-order valence-electron chi connectivity index (χ2n) is 8.53. The monoisotopic (exact) mass is 420 g/mol. The van der Waals surface area contributed by atoms with E-state index in [-0.39, 0.29) is 23.7 Å². The average Bonchev–Trinajstić information content (AvgIpc) is 2.99. The molecule has 4 rings (SSSR count). The van der Waals surface area contributed by atoms with Crippen molar-refractivity contribution in [1.29, 1.82) is 0 Å². The normalized spacial score (nSPS) is 20.5. The Morgan fingerprint density at radius 2 is 1.94 bits per heavy atom. The van der Waals surface area contributed by atoms with Crippen LogP contribution in [0, 0.1) is 11.8 Å². The fraction of sp³-hybridized carbons (Fsp3) is 0.480. The van der Waals surface area contributed by atoms with Gasteiger partial charge in [-0.3, -0.25) is 14.6 Å². The summed E-state index contributed by atoms with van der Waals surface area (Å²) in [6.07, 6.45) is 6.02. The van der Waals surface area contributed by atoms with Crippen molar-refractivity contribution in [2.24, 2.45) is 11.8 Å². The third kappa shape index (κ3) is 4.96. The van der Waals surface area contributed by atoms with Gasteiger partial charge in [0.1, 0.15) is 0 Å². The summed E-state index contributed by atoms with van der Waals surface area (Å²) in [7, 11) is 0. The number of hydrogen-bond acceptors (Lipinski definition) is 4. The highest BCUT2D eigenvalue weighted by molar-refractivity contribution is 5.83. The lowest BCUT2D eigenvalue weighted by molar-refractivity contribution is -0.137. The first-order valence-corrected chi connectivity index (χ1v) is 11.4. The molecule has 2 aliphatic heterocycles. The molecule has 0 bridgehead atoms. The molecule has 2 amide bonds. The first-order valence-electron chi connectivity index (χ1n) is 11.4. The highest BCUT2D eigenvalue weighted by Gasteiger charge is 2.34. The molecule has 1 aromatic carbocycles. The van der Waals surface area contributed by atoms with Gasteiger partial charge < -0.3 is 15.1 Å². The Morgan fingerprint density at radius 1 is 1.13 bits per heavy atom. The van der Waals surface area contributed by atoms with Gasteiger partial charge >= 0.3 is 0 Å². The number of carbonyl (C=O) groups excluding carboxylic acids is 2. The number of amides is 2. The summed E-state index contributed by atoms with van der Waals surface area (Å²) in [5, 5.41) is 3.33. The molecule has 3 heterocycles. The van der Waals surface area contributed by atoms with Gasteiger partial charge in [0.2, 0.25) is 11.8 Å². The number of nitrogens with one attached hydrogen (secondary N) is 1. The molecule has 0 aliphatic carbocycles. The van der Waals surface area contributed by atoms with E-state index in [4.69, 9.17) is 0 Å². The van der Waals surface area contributed by atoms with Crippen molar-refractivity contribution in [1.82, 2.24) is 20.1 Å². The molecule has 6 nitrogen and oxygen atoms in total. The molecule has 31 heavy (non-hydrogen) atoms. The van der Waals surface area contributed by atoms with E-state index in [2.05, 4.69) is 22.4 Å². The van der Waals surface area contributed by atoms with Gasteiger partial charge in [-0.25, -0.2) is 0 Å². The number of carbonyl (C=O) groups is 2. The zero-order valence-corrected chi connectivity index (χ0v) is 18.3. The quantitative estimate of drug-likeness (QED) is 0.808. The van der Waals surface area contributed by atoms with Crippen molar-refractivity contribution in [2.75, 3.05) is 39.3 Å². The van der Waals surface area contributed by atoms with Crippen LogP contribution >= 0.6 is 0 Å². The van der Waals surface area contributed by atoms with Crippen molar-refractivity contribution in [3.05, 3.63) is 54.4 Å². The van der Waals surface area contributed by atoms with Gasteiger partial charge in [0, 0.05) is 50.1 Å². The molecule has 164 valence electrons. The minimum absolute atomic E-state index is 0.0767. The van der Waals surface area contributed by atoms with Crippen molar-refractivity contribution in [3.8, 4) is 11.1 Å². The van der Waals surface area contributed by atoms with Crippen LogP contribution in [-0.2, 0) is 16.0 Å². The Labute approximate surface area is 184 Å². The molecule has 1 atom stereocenters. The number of likely N-dealkylation sites (N-methyl/N-ethyl adjacent to an activating group) is 1. The van der Waals surface area contributed by atoms with Crippen LogP contribution in [0.2, 0.25) is 0 Å². The van der Waals surface area contributed by atoms with E-state index in [0.29, 0.717) is 32.6 Å². The number of pyridine rings is 1. The van der Waals surface area contributed by atoms with Gasteiger partial charge in [-0.2, -0.15) is 0 Å². The van der Waals surface area contributed by atoms with Crippen LogP contribution < -0.4 is 5.32 Å². The Morgan fingerprint density at radius 3 is 2.68 bits per heavy atom. The maximum atomic E-state index is 13.3. The number of nitrogens with zero attached hydrogens (tertiary/aromatic N) is 3. The molecule has 1 aromatic heterocycles. The summed E-state index contributed by atoms with van der Waals surface area (Å²) >= 11 is 0. The highest BCUT2D eigenvalue weighted by Crippen LogP contribution is 2.27. The third-order valence-electron chi connectivity index (χ3n) is 6.58. The SMILES string of the molecule is CCN1CCN(C(=O)C2CCNCC2)C[C@H](Cc2ccccc2-c2cccnc2)C1=O. The Kier molecular flexibility index (Phi) is 6.97. The molecule has 0 unspecified atom stereocenters. The van der Waals surface area contributed by atoms with Crippen LogP contribution in [0.3, 0.4) is 0 Å². The van der Waals surface area contributed by atoms with Crippen LogP contribution in [0.4, 0.5) is 0 Å². The van der Waals surface area contributed by atoms with Crippen LogP contribution in [0.1, 0.15) is 25.3 Å². The standard InChI is InChI=1S/C25H32N4O2/c1-2-28-14-15-29(24(30)19-9-12-26-13-10-19)18-22(25(28)31)16-20-6-3-4-8-23(20)21-7-5-11-27-17-21/h3-8,11,17,19,22,26H,2,9-10,12-16,18H2,1H3/t22-/m0/s1. The van der Waals surface area contributed by atoms with Crippen LogP contribution in [0.5, 0.6) is 0 Å². The van der Waals surface area contributed by atoms with Crippen molar-refractivity contribution >= 4 is 11.8 Å². The highest BCUT2D eigenvalue weighted by atomic mass is 16.2. The fourth-order valence-corrected chi connectivity index (χ4v) is 4.81. The van der Waals surface area contributed by atoms with Gasteiger partial charge in [-0.1, -0.05) is 30.3 Å². The van der Waals surface area contributed by atoms with Crippen LogP contribution in [0.15, 0.2) is 48.8 Å². The largest absolute Gasteiger partial charge is 0.341 e. The molecule has 0 saturated carbocycles. The summed E-state index contributed by atoms with van der Waals surface area (Å²) < 4.78 is 0. The molecule has 0 spiro atoms. The van der Waals surface area contributed by atoms with Gasteiger partial charge in [0.25, 0.3) is 0 Å². The van der Waals surface area contributed by atoms with Crippen LogP contribution in [0.25, 0.3) is 11.1 Å². The topological polar surface area (TPSA) is 65.5 Å². The zero-order chi connectivity index (χ0) is 21.6. The van der Waals surface area contributed by atoms with E-state index in [1.807, 2.05) is 47.2 Å². The lowest BCUT2D eigenvalue weighted by Crippen LogP contribution is -2.43. The van der Waals surface area contributed by atoms with Gasteiger partial charge in [-0.05, 0) is 56.5 Å². The smallest absolute Gasteiger partial charge is 0.227 e. The van der Waals surface area contributed by atoms with Crippen molar-refractivity contribution < 1.29 is 9.59 Å². The second kappa shape index (κ2) is 10.1. The minimum Gasteiger partial charge on any atom is -0.341 e. The Bertz CT molecular complexity index is 895. The van der Waals surface area contributed by atoms with Gasteiger partial charge in [0.05, 0.1) is 5.92 Å². The summed E-state index contributed by atoms with van der Waals surface area (Å²) in [5.41, 5.74) is 3.28. The van der Waals surface area contributed by atoms with E-state index in [0.717, 1.165) is 42.6 Å². The lowest BCUT2D eigenvalue weighted by Gasteiger charge is -2.30. The number of piperidine rings is 1. The number of rotatable bonds is 5. The lowest BCUT2D eigenvalue weighted by atomic mass is 9.91. The van der Waals surface area contributed by atoms with Crippen molar-refractivity contribution in [2.45, 2.75) is 26.2 Å². The minimum atomic E-state index is -0.231. The zero-order valence-electron chi connectivity index (χ0n) is 18.3. The summed E-state index contributed by atoms with van der Waals surface area (Å²) in [6, 6.07) is 12.2. The summed E-state index contributed by atoms with van der Waals surface area (Å²) in [6.45, 7) is 6.23. The van der Waals surface area contributed by atoms with E-state index in [1.54, 1.807) is 6.20 Å². The third-order valence-corrected chi connectivity index (χ3v) is 6.58. The van der Waals surface area contributed by atoms with E-state index in [9.17, 15) is 9.59 Å². The predicted molar refractivity (Wildman–Crippen MR) is 121 cm³/mol. The van der Waals surface area contributed by atoms with E-state index < -0.39 is 0 Å². The average molecular weight is 421 g/mol. The molecular formula is C25H32N4O2. The molecule has 2 fully saturated rings. The molecular weight excluding hydrogens is 388 g/mol. The van der Waals surface area contributed by atoms with Gasteiger partial charge in [0.15, 0.2) is 0 Å². The molecule has 1 N–H and O–H groups in total. The summed E-state index contributed by atoms with van der Waals surface area (Å²) in [4.78, 5) is 34.7. The predicted octanol–water partition coefficient (Wildman–Crippen LogP) is 2.60. The van der Waals surface area contributed by atoms with Crippen molar-refractivity contribution in [3.63, 3.8) is 0 Å². The van der Waals surface area contributed by atoms with Crippen LogP contribution in [-0.4, -0.2) is 65.9 Å². The molecule has 0 radical (unpaired) electrons. The first-order chi connectivity index (χ1) is 15.2. The second-order valence-corrected chi connectivity index (χ2v) is 8.53. The number of benzene rings is 1. The maximum absolute atomic E-state index is 13.3. The number of hydrogen-bond donors (Lipinski definition) is 1. The molecule has 2 aromatic rings. The van der Waals surface area contributed by atoms with E-state index in [1.165, 1.54) is 0 Å². The van der Waals surface area contributed by atoms with E-state index >= 15 is 0 Å².